The molecule has 2 atom stereocenters. The molecule has 2 unspecified atom stereocenters. The first-order valence-electron chi connectivity index (χ1n) is 8.99. The molecule has 24 heavy (non-hydrogen) atoms. The fourth-order valence-corrected chi connectivity index (χ4v) is 3.61. The van der Waals surface area contributed by atoms with Gasteiger partial charge in [0.15, 0.2) is 0 Å². The third kappa shape index (κ3) is 4.42. The average molecular weight is 353 g/mol. The standard InChI is InChI=1S/C19H28N2O2.ClH/c1-3-20(4-2)19(22)15-6-8-17(9-7-15)23-13-5-11-21-12-10-16-14-18(16)21;/h6-9,16,18H,3-5,10-14H2,1-2H3;1H. The van der Waals surface area contributed by atoms with Gasteiger partial charge in [0, 0.05) is 31.2 Å². The molecule has 2 aliphatic rings. The number of hydrogen-bond acceptors (Lipinski definition) is 3. The van der Waals surface area contributed by atoms with Gasteiger partial charge in [-0.25, -0.2) is 0 Å². The van der Waals surface area contributed by atoms with Crippen LogP contribution in [-0.4, -0.2) is 54.5 Å². The molecule has 0 bridgehead atoms. The van der Waals surface area contributed by atoms with Crippen LogP contribution in [0.5, 0.6) is 5.75 Å². The van der Waals surface area contributed by atoms with Crippen molar-refractivity contribution in [3.05, 3.63) is 29.8 Å². The molecule has 0 aromatic heterocycles. The van der Waals surface area contributed by atoms with Crippen LogP contribution in [0.1, 0.15) is 43.5 Å². The maximum Gasteiger partial charge on any atom is 0.253 e. The van der Waals surface area contributed by atoms with E-state index in [2.05, 4.69) is 4.90 Å². The highest BCUT2D eigenvalue weighted by Gasteiger charge is 2.46. The molecule has 1 aromatic rings. The molecule has 4 nitrogen and oxygen atoms in total. The second-order valence-corrected chi connectivity index (χ2v) is 6.59. The van der Waals surface area contributed by atoms with Crippen molar-refractivity contribution in [3.63, 3.8) is 0 Å². The molecular formula is C19H29ClN2O2. The van der Waals surface area contributed by atoms with E-state index in [1.807, 2.05) is 43.0 Å². The van der Waals surface area contributed by atoms with Gasteiger partial charge < -0.3 is 9.64 Å². The highest BCUT2D eigenvalue weighted by Crippen LogP contribution is 2.44. The molecule has 1 aromatic carbocycles. The van der Waals surface area contributed by atoms with Crippen molar-refractivity contribution < 1.29 is 9.53 Å². The van der Waals surface area contributed by atoms with E-state index in [-0.39, 0.29) is 18.3 Å². The first-order valence-corrected chi connectivity index (χ1v) is 8.99. The van der Waals surface area contributed by atoms with Gasteiger partial charge >= 0.3 is 0 Å². The maximum atomic E-state index is 12.2. The van der Waals surface area contributed by atoms with Crippen LogP contribution in [0, 0.1) is 5.92 Å². The van der Waals surface area contributed by atoms with Crippen molar-refractivity contribution in [1.29, 1.82) is 0 Å². The zero-order chi connectivity index (χ0) is 16.2. The number of carbonyl (C=O) groups is 1. The minimum Gasteiger partial charge on any atom is -0.494 e. The summed E-state index contributed by atoms with van der Waals surface area (Å²) >= 11 is 0. The number of halogens is 1. The van der Waals surface area contributed by atoms with Gasteiger partial charge in [-0.3, -0.25) is 9.69 Å². The molecule has 1 aliphatic carbocycles. The molecule has 1 amide bonds. The van der Waals surface area contributed by atoms with Gasteiger partial charge in [0.1, 0.15) is 5.75 Å². The number of amides is 1. The van der Waals surface area contributed by atoms with E-state index in [4.69, 9.17) is 4.74 Å². The van der Waals surface area contributed by atoms with Gasteiger partial charge in [0.05, 0.1) is 6.61 Å². The van der Waals surface area contributed by atoms with Crippen molar-refractivity contribution in [3.8, 4) is 5.75 Å². The van der Waals surface area contributed by atoms with Crippen molar-refractivity contribution in [2.75, 3.05) is 32.8 Å². The van der Waals surface area contributed by atoms with Gasteiger partial charge in [0.25, 0.3) is 5.91 Å². The summed E-state index contributed by atoms with van der Waals surface area (Å²) < 4.78 is 5.81. The lowest BCUT2D eigenvalue weighted by molar-refractivity contribution is 0.0773. The Morgan fingerprint density at radius 3 is 2.50 bits per heavy atom. The molecule has 3 rings (SSSR count). The first kappa shape index (κ1) is 19.1. The predicted molar refractivity (Wildman–Crippen MR) is 99.1 cm³/mol. The van der Waals surface area contributed by atoms with E-state index < -0.39 is 0 Å². The molecule has 1 heterocycles. The van der Waals surface area contributed by atoms with Crippen LogP contribution < -0.4 is 4.74 Å². The fraction of sp³-hybridized carbons (Fsp3) is 0.632. The Hall–Kier alpha value is -1.26. The smallest absolute Gasteiger partial charge is 0.253 e. The number of benzene rings is 1. The van der Waals surface area contributed by atoms with Crippen molar-refractivity contribution in [2.45, 2.75) is 39.2 Å². The zero-order valence-corrected chi connectivity index (χ0v) is 15.6. The van der Waals surface area contributed by atoms with E-state index in [9.17, 15) is 4.79 Å². The van der Waals surface area contributed by atoms with E-state index in [1.165, 1.54) is 19.4 Å². The summed E-state index contributed by atoms with van der Waals surface area (Å²) in [4.78, 5) is 16.7. The number of rotatable bonds is 8. The van der Waals surface area contributed by atoms with Crippen LogP contribution in [0.4, 0.5) is 0 Å². The lowest BCUT2D eigenvalue weighted by atomic mass is 10.2. The monoisotopic (exact) mass is 352 g/mol. The Bertz CT molecular complexity index is 531. The van der Waals surface area contributed by atoms with Crippen LogP contribution in [0.25, 0.3) is 0 Å². The van der Waals surface area contributed by atoms with Crippen LogP contribution in [0.3, 0.4) is 0 Å². The normalized spacial score (nSPS) is 21.8. The zero-order valence-electron chi connectivity index (χ0n) is 14.7. The molecule has 0 spiro atoms. The molecule has 1 saturated heterocycles. The van der Waals surface area contributed by atoms with Crippen LogP contribution in [0.2, 0.25) is 0 Å². The third-order valence-electron chi connectivity index (χ3n) is 5.15. The number of carbonyl (C=O) groups excluding carboxylic acids is 1. The van der Waals surface area contributed by atoms with Gasteiger partial charge in [-0.2, -0.15) is 0 Å². The average Bonchev–Trinajstić information content (AvgIpc) is 3.26. The number of nitrogens with zero attached hydrogens (tertiary/aromatic N) is 2. The minimum absolute atomic E-state index is 0. The molecular weight excluding hydrogens is 324 g/mol. The summed E-state index contributed by atoms with van der Waals surface area (Å²) in [5, 5.41) is 0. The molecule has 1 aliphatic heterocycles. The summed E-state index contributed by atoms with van der Waals surface area (Å²) in [5.41, 5.74) is 0.734. The van der Waals surface area contributed by atoms with E-state index >= 15 is 0 Å². The number of hydrogen-bond donors (Lipinski definition) is 0. The maximum absolute atomic E-state index is 12.2. The molecule has 134 valence electrons. The van der Waals surface area contributed by atoms with Crippen molar-refractivity contribution >= 4 is 18.3 Å². The number of piperidine rings is 1. The van der Waals surface area contributed by atoms with Gasteiger partial charge in [-0.15, -0.1) is 12.4 Å². The molecule has 0 radical (unpaired) electrons. The molecule has 1 saturated carbocycles. The van der Waals surface area contributed by atoms with Crippen molar-refractivity contribution in [2.24, 2.45) is 5.92 Å². The highest BCUT2D eigenvalue weighted by atomic mass is 35.5. The Kier molecular flexibility index (Phi) is 6.93. The third-order valence-corrected chi connectivity index (χ3v) is 5.15. The number of likely N-dealkylation sites (tertiary alicyclic amines) is 1. The molecule has 2 fully saturated rings. The lowest BCUT2D eigenvalue weighted by Crippen LogP contribution is -2.30. The largest absolute Gasteiger partial charge is 0.494 e. The predicted octanol–water partition coefficient (Wildman–Crippen LogP) is 3.45. The SMILES string of the molecule is CCN(CC)C(=O)c1ccc(OCCCN2CCC3CC32)cc1.Cl. The van der Waals surface area contributed by atoms with E-state index in [0.29, 0.717) is 0 Å². The Morgan fingerprint density at radius 2 is 1.96 bits per heavy atom. The topological polar surface area (TPSA) is 32.8 Å². The van der Waals surface area contributed by atoms with E-state index in [1.54, 1.807) is 0 Å². The number of fused-ring (bicyclic) bond motifs is 1. The summed E-state index contributed by atoms with van der Waals surface area (Å²) in [6.07, 6.45) is 3.89. The first-order chi connectivity index (χ1) is 11.2. The Balaban J connectivity index is 0.00000208. The summed E-state index contributed by atoms with van der Waals surface area (Å²) in [7, 11) is 0. The Morgan fingerprint density at radius 1 is 1.25 bits per heavy atom. The van der Waals surface area contributed by atoms with Crippen molar-refractivity contribution in [1.82, 2.24) is 9.80 Å². The van der Waals surface area contributed by atoms with Crippen LogP contribution in [0.15, 0.2) is 24.3 Å². The highest BCUT2D eigenvalue weighted by molar-refractivity contribution is 5.94. The summed E-state index contributed by atoms with van der Waals surface area (Å²) in [5.74, 6) is 1.95. The quantitative estimate of drug-likeness (QED) is 0.672. The Labute approximate surface area is 151 Å². The van der Waals surface area contributed by atoms with Gasteiger partial charge in [-0.1, -0.05) is 0 Å². The second kappa shape index (κ2) is 8.72. The fourth-order valence-electron chi connectivity index (χ4n) is 3.61. The van der Waals surface area contributed by atoms with Crippen LogP contribution in [-0.2, 0) is 0 Å². The minimum atomic E-state index is 0. The van der Waals surface area contributed by atoms with Gasteiger partial charge in [-0.05, 0) is 69.8 Å². The van der Waals surface area contributed by atoms with Crippen LogP contribution >= 0.6 is 12.4 Å². The number of ether oxygens (including phenoxy) is 1. The summed E-state index contributed by atoms with van der Waals surface area (Å²) in [6.45, 7) is 8.67. The summed E-state index contributed by atoms with van der Waals surface area (Å²) in [6, 6.07) is 8.43. The van der Waals surface area contributed by atoms with Gasteiger partial charge in [0.2, 0.25) is 0 Å². The second-order valence-electron chi connectivity index (χ2n) is 6.59. The van der Waals surface area contributed by atoms with E-state index in [0.717, 1.165) is 55.9 Å². The lowest BCUT2D eigenvalue weighted by Gasteiger charge is -2.19. The molecule has 5 heteroatoms. The molecule has 0 N–H and O–H groups in total.